The number of likely N-dealkylation sites (N-methyl/N-ethyl adjacent to an activating group) is 1. The van der Waals surface area contributed by atoms with E-state index >= 15 is 0 Å². The van der Waals surface area contributed by atoms with Crippen molar-refractivity contribution in [2.75, 3.05) is 32.7 Å². The fourth-order valence-corrected chi connectivity index (χ4v) is 1.44. The molecule has 0 aromatic rings. The highest BCUT2D eigenvalue weighted by atomic mass is 16.3. The molecule has 0 saturated carbocycles. The van der Waals surface area contributed by atoms with Crippen LogP contribution >= 0.6 is 0 Å². The molecule has 72 valence electrons. The quantitative estimate of drug-likeness (QED) is 0.460. The van der Waals surface area contributed by atoms with Gasteiger partial charge in [-0.1, -0.05) is 6.92 Å². The molecular weight excluding hydrogens is 156 g/mol. The molecule has 1 aliphatic rings. The summed E-state index contributed by atoms with van der Waals surface area (Å²) in [5, 5.41) is 21.6. The van der Waals surface area contributed by atoms with E-state index in [4.69, 9.17) is 0 Å². The maximum absolute atomic E-state index is 9.21. The first-order chi connectivity index (χ1) is 5.74. The zero-order valence-corrected chi connectivity index (χ0v) is 7.53. The molecule has 12 heavy (non-hydrogen) atoms. The highest BCUT2D eigenvalue weighted by Crippen LogP contribution is 2.08. The molecule has 0 spiro atoms. The zero-order chi connectivity index (χ0) is 8.97. The van der Waals surface area contributed by atoms with Crippen LogP contribution in [0.5, 0.6) is 0 Å². The fraction of sp³-hybridized carbons (Fsp3) is 1.00. The average molecular weight is 174 g/mol. The average Bonchev–Trinajstić information content (AvgIpc) is 2.32. The Hall–Kier alpha value is -0.160. The second-order valence-corrected chi connectivity index (χ2v) is 3.25. The van der Waals surface area contributed by atoms with Crippen LogP contribution in [0.4, 0.5) is 0 Å². The van der Waals surface area contributed by atoms with Gasteiger partial charge in [-0.25, -0.2) is 0 Å². The Labute approximate surface area is 73.2 Å². The summed E-state index contributed by atoms with van der Waals surface area (Å²) in [6.07, 6.45) is -1.10. The van der Waals surface area contributed by atoms with Crippen molar-refractivity contribution in [1.29, 1.82) is 0 Å². The highest BCUT2D eigenvalue weighted by molar-refractivity contribution is 4.83. The van der Waals surface area contributed by atoms with E-state index in [0.717, 1.165) is 19.6 Å². The second kappa shape index (κ2) is 4.77. The Morgan fingerprint density at radius 2 is 1.92 bits per heavy atom. The standard InChI is InChI=1S/C8H18N2O2/c1-2-9-3-4-10-5-7(11)8(12)6-10/h7-9,11-12H,2-6H2,1H3. The number of hydrogen-bond acceptors (Lipinski definition) is 4. The number of hydrogen-bond donors (Lipinski definition) is 3. The SMILES string of the molecule is CCNCCN1CC(O)C(O)C1. The lowest BCUT2D eigenvalue weighted by Crippen LogP contribution is -2.31. The molecule has 0 amide bonds. The van der Waals surface area contributed by atoms with Gasteiger partial charge in [0.25, 0.3) is 0 Å². The molecule has 1 heterocycles. The van der Waals surface area contributed by atoms with E-state index in [1.807, 2.05) is 0 Å². The van der Waals surface area contributed by atoms with E-state index in [1.165, 1.54) is 0 Å². The minimum Gasteiger partial charge on any atom is -0.389 e. The van der Waals surface area contributed by atoms with Crippen LogP contribution in [0.2, 0.25) is 0 Å². The number of aliphatic hydroxyl groups excluding tert-OH is 2. The van der Waals surface area contributed by atoms with Crippen molar-refractivity contribution in [2.24, 2.45) is 0 Å². The molecule has 0 bridgehead atoms. The van der Waals surface area contributed by atoms with Gasteiger partial charge in [0.1, 0.15) is 0 Å². The summed E-state index contributed by atoms with van der Waals surface area (Å²) in [4.78, 5) is 2.07. The van der Waals surface area contributed by atoms with Gasteiger partial charge < -0.3 is 15.5 Å². The maximum Gasteiger partial charge on any atom is 0.0938 e. The minimum atomic E-state index is -0.549. The molecule has 0 aromatic heterocycles. The van der Waals surface area contributed by atoms with Gasteiger partial charge in [0, 0.05) is 26.2 Å². The Morgan fingerprint density at radius 3 is 2.42 bits per heavy atom. The van der Waals surface area contributed by atoms with Crippen LogP contribution in [-0.2, 0) is 0 Å². The van der Waals surface area contributed by atoms with E-state index in [1.54, 1.807) is 0 Å². The summed E-state index contributed by atoms with van der Waals surface area (Å²) in [5.41, 5.74) is 0. The molecule has 3 N–H and O–H groups in total. The molecule has 0 aliphatic carbocycles. The Bertz CT molecular complexity index is 122. The first kappa shape index (κ1) is 9.92. The van der Waals surface area contributed by atoms with Crippen LogP contribution in [0, 0.1) is 0 Å². The number of aliphatic hydroxyl groups is 2. The topological polar surface area (TPSA) is 55.7 Å². The number of nitrogens with zero attached hydrogens (tertiary/aromatic N) is 1. The van der Waals surface area contributed by atoms with Crippen LogP contribution in [0.15, 0.2) is 0 Å². The van der Waals surface area contributed by atoms with E-state index in [-0.39, 0.29) is 0 Å². The van der Waals surface area contributed by atoms with Crippen molar-refractivity contribution >= 4 is 0 Å². The third-order valence-corrected chi connectivity index (χ3v) is 2.19. The summed E-state index contributed by atoms with van der Waals surface area (Å²) in [6, 6.07) is 0. The van der Waals surface area contributed by atoms with Crippen LogP contribution in [0.1, 0.15) is 6.92 Å². The van der Waals surface area contributed by atoms with Crippen molar-refractivity contribution < 1.29 is 10.2 Å². The zero-order valence-electron chi connectivity index (χ0n) is 7.53. The van der Waals surface area contributed by atoms with Crippen LogP contribution in [0.25, 0.3) is 0 Å². The summed E-state index contributed by atoms with van der Waals surface area (Å²) >= 11 is 0. The third kappa shape index (κ3) is 2.71. The lowest BCUT2D eigenvalue weighted by Gasteiger charge is -2.13. The number of likely N-dealkylation sites (tertiary alicyclic amines) is 1. The molecule has 1 fully saturated rings. The van der Waals surface area contributed by atoms with Crippen molar-refractivity contribution in [3.8, 4) is 0 Å². The molecule has 2 atom stereocenters. The van der Waals surface area contributed by atoms with Crippen LogP contribution in [0.3, 0.4) is 0 Å². The third-order valence-electron chi connectivity index (χ3n) is 2.19. The van der Waals surface area contributed by atoms with Crippen LogP contribution in [-0.4, -0.2) is 60.0 Å². The first-order valence-corrected chi connectivity index (χ1v) is 4.53. The predicted molar refractivity (Wildman–Crippen MR) is 47.0 cm³/mol. The monoisotopic (exact) mass is 174 g/mol. The largest absolute Gasteiger partial charge is 0.389 e. The van der Waals surface area contributed by atoms with Gasteiger partial charge in [0.2, 0.25) is 0 Å². The molecule has 1 saturated heterocycles. The normalized spacial score (nSPS) is 31.2. The van der Waals surface area contributed by atoms with Gasteiger partial charge in [-0.3, -0.25) is 4.90 Å². The molecule has 0 radical (unpaired) electrons. The van der Waals surface area contributed by atoms with Gasteiger partial charge in [0.15, 0.2) is 0 Å². The van der Waals surface area contributed by atoms with Crippen molar-refractivity contribution in [2.45, 2.75) is 19.1 Å². The number of nitrogens with one attached hydrogen (secondary N) is 1. The fourth-order valence-electron chi connectivity index (χ4n) is 1.44. The molecular formula is C8H18N2O2. The Morgan fingerprint density at radius 1 is 1.33 bits per heavy atom. The van der Waals surface area contributed by atoms with Gasteiger partial charge in [-0.05, 0) is 6.54 Å². The molecule has 2 unspecified atom stereocenters. The molecule has 1 rings (SSSR count). The molecule has 1 aliphatic heterocycles. The Kier molecular flexibility index (Phi) is 3.94. The van der Waals surface area contributed by atoms with Gasteiger partial charge in [-0.2, -0.15) is 0 Å². The predicted octanol–water partition coefficient (Wildman–Crippen LogP) is -1.37. The minimum absolute atomic E-state index is 0.549. The van der Waals surface area contributed by atoms with E-state index in [2.05, 4.69) is 17.1 Å². The Balaban J connectivity index is 2.10. The summed E-state index contributed by atoms with van der Waals surface area (Å²) in [7, 11) is 0. The summed E-state index contributed by atoms with van der Waals surface area (Å²) in [6.45, 7) is 6.07. The second-order valence-electron chi connectivity index (χ2n) is 3.25. The number of rotatable bonds is 4. The lowest BCUT2D eigenvalue weighted by molar-refractivity contribution is 0.0572. The van der Waals surface area contributed by atoms with Gasteiger partial charge >= 0.3 is 0 Å². The van der Waals surface area contributed by atoms with Gasteiger partial charge in [-0.15, -0.1) is 0 Å². The van der Waals surface area contributed by atoms with E-state index in [0.29, 0.717) is 13.1 Å². The lowest BCUT2D eigenvalue weighted by atomic mass is 10.3. The highest BCUT2D eigenvalue weighted by Gasteiger charge is 2.28. The maximum atomic E-state index is 9.21. The van der Waals surface area contributed by atoms with Crippen molar-refractivity contribution in [1.82, 2.24) is 10.2 Å². The van der Waals surface area contributed by atoms with Gasteiger partial charge in [0.05, 0.1) is 12.2 Å². The van der Waals surface area contributed by atoms with Crippen molar-refractivity contribution in [3.05, 3.63) is 0 Å². The number of β-amino-alcohol motifs (C(OH)–C–C–N with tert-alkyl or cyclic N) is 2. The first-order valence-electron chi connectivity index (χ1n) is 4.53. The molecule has 0 aromatic carbocycles. The molecule has 4 nitrogen and oxygen atoms in total. The van der Waals surface area contributed by atoms with Crippen LogP contribution < -0.4 is 5.32 Å². The summed E-state index contributed by atoms with van der Waals surface area (Å²) < 4.78 is 0. The molecule has 4 heteroatoms. The van der Waals surface area contributed by atoms with Crippen molar-refractivity contribution in [3.63, 3.8) is 0 Å². The smallest absolute Gasteiger partial charge is 0.0938 e. The summed E-state index contributed by atoms with van der Waals surface area (Å²) in [5.74, 6) is 0. The van der Waals surface area contributed by atoms with E-state index < -0.39 is 12.2 Å². The van der Waals surface area contributed by atoms with E-state index in [9.17, 15) is 10.2 Å².